The fourth-order valence-corrected chi connectivity index (χ4v) is 2.71. The normalized spacial score (nSPS) is 10.5. The molecular formula is C13H12FNOS. The Hall–Kier alpha value is -1.68. The van der Waals surface area contributed by atoms with Crippen LogP contribution in [0.25, 0.3) is 0 Å². The molecule has 0 fully saturated rings. The Balaban J connectivity index is 2.47. The highest BCUT2D eigenvalue weighted by Gasteiger charge is 2.17. The van der Waals surface area contributed by atoms with Gasteiger partial charge in [-0.05, 0) is 43.7 Å². The van der Waals surface area contributed by atoms with Crippen LogP contribution in [0.5, 0.6) is 0 Å². The van der Waals surface area contributed by atoms with E-state index in [1.54, 1.807) is 0 Å². The van der Waals surface area contributed by atoms with Crippen molar-refractivity contribution in [3.8, 4) is 0 Å². The maximum atomic E-state index is 12.9. The minimum atomic E-state index is -0.432. The molecule has 0 radical (unpaired) electrons. The van der Waals surface area contributed by atoms with Gasteiger partial charge in [0.15, 0.2) is 0 Å². The predicted octanol–water partition coefficient (Wildman–Crippen LogP) is 3.32. The van der Waals surface area contributed by atoms with Crippen molar-refractivity contribution in [3.63, 3.8) is 0 Å². The summed E-state index contributed by atoms with van der Waals surface area (Å²) >= 11 is 1.43. The largest absolute Gasteiger partial charge is 0.398 e. The number of thiophene rings is 1. The van der Waals surface area contributed by atoms with E-state index >= 15 is 0 Å². The van der Waals surface area contributed by atoms with E-state index in [1.165, 1.54) is 29.5 Å². The molecule has 4 heteroatoms. The number of carbonyl (C=O) groups is 1. The van der Waals surface area contributed by atoms with Crippen LogP contribution < -0.4 is 5.73 Å². The average Bonchev–Trinajstić information content (AvgIpc) is 2.57. The Morgan fingerprint density at radius 2 is 2.00 bits per heavy atom. The molecule has 0 saturated carbocycles. The van der Waals surface area contributed by atoms with Crippen LogP contribution in [0.1, 0.15) is 25.7 Å². The fraction of sp³-hybridized carbons (Fsp3) is 0.154. The Labute approximate surface area is 103 Å². The molecule has 2 aromatic rings. The highest BCUT2D eigenvalue weighted by Crippen LogP contribution is 2.26. The third-order valence-corrected chi connectivity index (χ3v) is 3.66. The second kappa shape index (κ2) is 4.30. The molecule has 1 aromatic carbocycles. The lowest BCUT2D eigenvalue weighted by Crippen LogP contribution is -2.05. The van der Waals surface area contributed by atoms with Gasteiger partial charge in [-0.25, -0.2) is 4.39 Å². The van der Waals surface area contributed by atoms with E-state index in [-0.39, 0.29) is 11.5 Å². The molecule has 0 amide bonds. The summed E-state index contributed by atoms with van der Waals surface area (Å²) in [7, 11) is 0. The van der Waals surface area contributed by atoms with Crippen LogP contribution in [0.2, 0.25) is 0 Å². The van der Waals surface area contributed by atoms with E-state index in [4.69, 9.17) is 5.73 Å². The van der Waals surface area contributed by atoms with Gasteiger partial charge in [-0.3, -0.25) is 4.79 Å². The van der Waals surface area contributed by atoms with E-state index in [1.807, 2.05) is 19.9 Å². The summed E-state index contributed by atoms with van der Waals surface area (Å²) in [5.41, 5.74) is 7.13. The number of benzene rings is 1. The average molecular weight is 249 g/mol. The van der Waals surface area contributed by atoms with E-state index in [2.05, 4.69) is 0 Å². The monoisotopic (exact) mass is 249 g/mol. The van der Waals surface area contributed by atoms with Gasteiger partial charge >= 0.3 is 0 Å². The number of ketones is 1. The molecule has 0 bridgehead atoms. The molecule has 0 aliphatic rings. The highest BCUT2D eigenvalue weighted by atomic mass is 32.1. The van der Waals surface area contributed by atoms with Crippen LogP contribution in [0.4, 0.5) is 10.1 Å². The van der Waals surface area contributed by atoms with E-state index in [9.17, 15) is 9.18 Å². The van der Waals surface area contributed by atoms with Crippen molar-refractivity contribution in [3.05, 3.63) is 51.0 Å². The molecule has 2 N–H and O–H groups in total. The summed E-state index contributed by atoms with van der Waals surface area (Å²) in [6, 6.07) is 5.81. The van der Waals surface area contributed by atoms with E-state index in [0.717, 1.165) is 10.4 Å². The van der Waals surface area contributed by atoms with Gasteiger partial charge in [0, 0.05) is 16.1 Å². The smallest absolute Gasteiger partial charge is 0.205 e. The van der Waals surface area contributed by atoms with Crippen LogP contribution in [-0.4, -0.2) is 5.78 Å². The first-order chi connectivity index (χ1) is 7.99. The third-order valence-electron chi connectivity index (χ3n) is 2.51. The third kappa shape index (κ3) is 2.22. The first kappa shape index (κ1) is 11.8. The zero-order valence-corrected chi connectivity index (χ0v) is 10.4. The number of nitrogen functional groups attached to an aromatic ring is 1. The molecule has 17 heavy (non-hydrogen) atoms. The Kier molecular flexibility index (Phi) is 2.98. The molecule has 2 nitrogen and oxygen atoms in total. The summed E-state index contributed by atoms with van der Waals surface area (Å²) in [5, 5.41) is 0. The van der Waals surface area contributed by atoms with Crippen LogP contribution in [-0.2, 0) is 0 Å². The van der Waals surface area contributed by atoms with Gasteiger partial charge in [-0.15, -0.1) is 11.3 Å². The van der Waals surface area contributed by atoms with Crippen molar-refractivity contribution < 1.29 is 9.18 Å². The SMILES string of the molecule is Cc1cc(C)c(C(=O)c2ccc(F)cc2N)s1. The summed E-state index contributed by atoms with van der Waals surface area (Å²) < 4.78 is 12.9. The number of anilines is 1. The Bertz CT molecular complexity index is 589. The number of nitrogens with two attached hydrogens (primary N) is 1. The van der Waals surface area contributed by atoms with Crippen molar-refractivity contribution >= 4 is 22.8 Å². The first-order valence-corrected chi connectivity index (χ1v) is 5.97. The van der Waals surface area contributed by atoms with Crippen molar-refractivity contribution in [2.24, 2.45) is 0 Å². The maximum absolute atomic E-state index is 12.9. The van der Waals surface area contributed by atoms with Crippen LogP contribution >= 0.6 is 11.3 Å². The van der Waals surface area contributed by atoms with Crippen molar-refractivity contribution in [1.82, 2.24) is 0 Å². The predicted molar refractivity (Wildman–Crippen MR) is 68.0 cm³/mol. The second-order valence-electron chi connectivity index (χ2n) is 3.93. The van der Waals surface area contributed by atoms with Crippen LogP contribution in [0, 0.1) is 19.7 Å². The molecule has 0 unspecified atom stereocenters. The topological polar surface area (TPSA) is 43.1 Å². The summed E-state index contributed by atoms with van der Waals surface area (Å²) in [4.78, 5) is 14.0. The number of hydrogen-bond acceptors (Lipinski definition) is 3. The van der Waals surface area contributed by atoms with Gasteiger partial charge in [0.05, 0.1) is 4.88 Å². The molecule has 0 aliphatic heterocycles. The Morgan fingerprint density at radius 3 is 2.53 bits per heavy atom. The minimum absolute atomic E-state index is 0.141. The van der Waals surface area contributed by atoms with E-state index in [0.29, 0.717) is 10.4 Å². The number of hydrogen-bond donors (Lipinski definition) is 1. The number of halogens is 1. The highest BCUT2D eigenvalue weighted by molar-refractivity contribution is 7.14. The number of rotatable bonds is 2. The first-order valence-electron chi connectivity index (χ1n) is 5.16. The quantitative estimate of drug-likeness (QED) is 0.655. The summed E-state index contributed by atoms with van der Waals surface area (Å²) in [5.74, 6) is -0.573. The Morgan fingerprint density at radius 1 is 1.29 bits per heavy atom. The summed E-state index contributed by atoms with van der Waals surface area (Å²) in [6.45, 7) is 3.83. The molecule has 2 rings (SSSR count). The standard InChI is InChI=1S/C13H12FNOS/c1-7-5-8(2)17-13(7)12(16)10-4-3-9(14)6-11(10)15/h3-6H,15H2,1-2H3. The second-order valence-corrected chi connectivity index (χ2v) is 5.19. The zero-order valence-electron chi connectivity index (χ0n) is 9.58. The lowest BCUT2D eigenvalue weighted by molar-refractivity contribution is 0.104. The van der Waals surface area contributed by atoms with Gasteiger partial charge in [0.1, 0.15) is 5.82 Å². The van der Waals surface area contributed by atoms with Gasteiger partial charge in [0.25, 0.3) is 0 Å². The van der Waals surface area contributed by atoms with Crippen LogP contribution in [0.15, 0.2) is 24.3 Å². The molecule has 0 spiro atoms. The molecule has 0 atom stereocenters. The van der Waals surface area contributed by atoms with Crippen molar-refractivity contribution in [1.29, 1.82) is 0 Å². The fourth-order valence-electron chi connectivity index (χ4n) is 1.73. The van der Waals surface area contributed by atoms with Crippen molar-refractivity contribution in [2.45, 2.75) is 13.8 Å². The molecule has 88 valence electrons. The van der Waals surface area contributed by atoms with Gasteiger partial charge < -0.3 is 5.73 Å². The number of carbonyl (C=O) groups excluding carboxylic acids is 1. The molecular weight excluding hydrogens is 237 g/mol. The van der Waals surface area contributed by atoms with Gasteiger partial charge in [-0.1, -0.05) is 0 Å². The molecule has 0 aliphatic carbocycles. The van der Waals surface area contributed by atoms with E-state index < -0.39 is 5.82 Å². The lowest BCUT2D eigenvalue weighted by Gasteiger charge is -2.04. The molecule has 1 aromatic heterocycles. The summed E-state index contributed by atoms with van der Waals surface area (Å²) in [6.07, 6.45) is 0. The van der Waals surface area contributed by atoms with Gasteiger partial charge in [-0.2, -0.15) is 0 Å². The lowest BCUT2D eigenvalue weighted by atomic mass is 10.1. The zero-order chi connectivity index (χ0) is 12.6. The number of aryl methyl sites for hydroxylation is 2. The maximum Gasteiger partial charge on any atom is 0.205 e. The van der Waals surface area contributed by atoms with Crippen molar-refractivity contribution in [2.75, 3.05) is 5.73 Å². The molecule has 0 saturated heterocycles. The van der Waals surface area contributed by atoms with Crippen LogP contribution in [0.3, 0.4) is 0 Å². The minimum Gasteiger partial charge on any atom is -0.398 e. The van der Waals surface area contributed by atoms with Gasteiger partial charge in [0.2, 0.25) is 5.78 Å². The molecule has 1 heterocycles.